The molecule has 0 unspecified atom stereocenters. The highest BCUT2D eigenvalue weighted by Gasteiger charge is 2.19. The maximum atomic E-state index is 9.52. The number of aromatic nitrogens is 2. The van der Waals surface area contributed by atoms with Crippen molar-refractivity contribution < 1.29 is 0 Å². The Morgan fingerprint density at radius 1 is 1.43 bits per heavy atom. The zero-order valence-electron chi connectivity index (χ0n) is 11.9. The second-order valence-corrected chi connectivity index (χ2v) is 5.63. The van der Waals surface area contributed by atoms with Gasteiger partial charge in [-0.1, -0.05) is 35.9 Å². The predicted molar refractivity (Wildman–Crippen MR) is 85.7 cm³/mol. The minimum absolute atomic E-state index is 0.576. The second-order valence-electron chi connectivity index (χ2n) is 5.27. The molecule has 3 nitrogen and oxygen atoms in total. The number of para-hydroxylation sites is 2. The van der Waals surface area contributed by atoms with Gasteiger partial charge < -0.3 is 0 Å². The highest BCUT2D eigenvalue weighted by Crippen LogP contribution is 2.31. The van der Waals surface area contributed by atoms with Crippen LogP contribution in [0.2, 0.25) is 5.15 Å². The molecule has 0 radical (unpaired) electrons. The highest BCUT2D eigenvalue weighted by molar-refractivity contribution is 6.31. The lowest BCUT2D eigenvalue weighted by Crippen LogP contribution is -2.03. The number of benzene rings is 1. The molecule has 0 aliphatic carbocycles. The average molecular weight is 296 g/mol. The van der Waals surface area contributed by atoms with Gasteiger partial charge in [0, 0.05) is 0 Å². The maximum absolute atomic E-state index is 9.52. The number of pyridine rings is 1. The van der Waals surface area contributed by atoms with Crippen LogP contribution in [-0.4, -0.2) is 9.38 Å². The number of imidazole rings is 1. The Labute approximate surface area is 128 Å². The third-order valence-electron chi connectivity index (χ3n) is 3.65. The van der Waals surface area contributed by atoms with Gasteiger partial charge in [-0.15, -0.1) is 0 Å². The molecule has 1 aromatic carbocycles. The first kappa shape index (κ1) is 13.7. The van der Waals surface area contributed by atoms with Gasteiger partial charge in [0.15, 0.2) is 5.65 Å². The van der Waals surface area contributed by atoms with Crippen LogP contribution < -0.4 is 0 Å². The van der Waals surface area contributed by atoms with E-state index in [0.29, 0.717) is 22.8 Å². The molecule has 3 rings (SSSR count). The molecular weight excluding hydrogens is 282 g/mol. The lowest BCUT2D eigenvalue weighted by atomic mass is 10.0. The van der Waals surface area contributed by atoms with Gasteiger partial charge in [0.2, 0.25) is 0 Å². The normalized spacial score (nSPS) is 11.0. The molecule has 0 N–H and O–H groups in total. The van der Waals surface area contributed by atoms with Crippen molar-refractivity contribution >= 4 is 28.3 Å². The monoisotopic (exact) mass is 295 g/mol. The van der Waals surface area contributed by atoms with Crippen molar-refractivity contribution in [3.8, 4) is 6.07 Å². The van der Waals surface area contributed by atoms with E-state index in [1.807, 2.05) is 42.5 Å². The zero-order valence-corrected chi connectivity index (χ0v) is 12.7. The van der Waals surface area contributed by atoms with E-state index >= 15 is 0 Å². The molecule has 0 aliphatic rings. The van der Waals surface area contributed by atoms with Crippen molar-refractivity contribution in [2.45, 2.75) is 20.3 Å². The molecule has 0 atom stereocenters. The average Bonchev–Trinajstić information content (AvgIpc) is 2.83. The van der Waals surface area contributed by atoms with Crippen LogP contribution in [0.15, 0.2) is 36.4 Å². The third-order valence-corrected chi connectivity index (χ3v) is 4.04. The van der Waals surface area contributed by atoms with Gasteiger partial charge in [-0.25, -0.2) is 4.98 Å². The second kappa shape index (κ2) is 4.91. The first-order valence-electron chi connectivity index (χ1n) is 6.67. The van der Waals surface area contributed by atoms with Crippen molar-refractivity contribution in [3.63, 3.8) is 0 Å². The Morgan fingerprint density at radius 2 is 2.14 bits per heavy atom. The summed E-state index contributed by atoms with van der Waals surface area (Å²) in [5.74, 6) is 0. The fraction of sp³-hybridized carbons (Fsp3) is 0.176. The number of rotatable bonds is 2. The van der Waals surface area contributed by atoms with Crippen LogP contribution in [0, 0.1) is 18.3 Å². The molecular formula is C17H14ClN3. The van der Waals surface area contributed by atoms with E-state index in [9.17, 15) is 5.26 Å². The van der Waals surface area contributed by atoms with Gasteiger partial charge in [-0.3, -0.25) is 4.40 Å². The van der Waals surface area contributed by atoms with Crippen molar-refractivity contribution in [3.05, 3.63) is 58.3 Å². The molecule has 21 heavy (non-hydrogen) atoms. The van der Waals surface area contributed by atoms with Crippen molar-refractivity contribution in [1.29, 1.82) is 5.26 Å². The quantitative estimate of drug-likeness (QED) is 0.518. The van der Waals surface area contributed by atoms with Gasteiger partial charge in [0.1, 0.15) is 11.2 Å². The maximum Gasteiger partial charge on any atom is 0.157 e. The van der Waals surface area contributed by atoms with Crippen molar-refractivity contribution in [2.24, 2.45) is 0 Å². The Kier molecular flexibility index (Phi) is 3.19. The Balaban J connectivity index is 2.53. The van der Waals surface area contributed by atoms with E-state index in [1.54, 1.807) is 0 Å². The van der Waals surface area contributed by atoms with Gasteiger partial charge in [0.05, 0.1) is 16.6 Å². The van der Waals surface area contributed by atoms with E-state index in [-0.39, 0.29) is 0 Å². The summed E-state index contributed by atoms with van der Waals surface area (Å²) in [5, 5.41) is 10.1. The lowest BCUT2D eigenvalue weighted by Gasteiger charge is -2.13. The number of hydrogen-bond donors (Lipinski definition) is 0. The first-order valence-corrected chi connectivity index (χ1v) is 7.05. The molecule has 0 bridgehead atoms. The summed E-state index contributed by atoms with van der Waals surface area (Å²) in [7, 11) is 0. The van der Waals surface area contributed by atoms with Crippen LogP contribution in [0.4, 0.5) is 0 Å². The van der Waals surface area contributed by atoms with E-state index in [0.717, 1.165) is 27.7 Å². The first-order chi connectivity index (χ1) is 10.0. The minimum Gasteiger partial charge on any atom is -0.281 e. The SMILES string of the molecule is C=C(C)Cc1c(C)c(C#N)c2nc3ccccc3n2c1Cl. The number of hydrogen-bond acceptors (Lipinski definition) is 2. The van der Waals surface area contributed by atoms with E-state index in [2.05, 4.69) is 17.6 Å². The van der Waals surface area contributed by atoms with Crippen LogP contribution in [0.3, 0.4) is 0 Å². The summed E-state index contributed by atoms with van der Waals surface area (Å²) in [6.45, 7) is 7.83. The number of fused-ring (bicyclic) bond motifs is 3. The molecule has 4 heteroatoms. The van der Waals surface area contributed by atoms with E-state index in [1.165, 1.54) is 0 Å². The zero-order chi connectivity index (χ0) is 15.1. The molecule has 0 saturated carbocycles. The van der Waals surface area contributed by atoms with Crippen LogP contribution >= 0.6 is 11.6 Å². The third kappa shape index (κ3) is 2.00. The van der Waals surface area contributed by atoms with Gasteiger partial charge >= 0.3 is 0 Å². The summed E-state index contributed by atoms with van der Waals surface area (Å²) in [4.78, 5) is 4.56. The molecule has 0 aliphatic heterocycles. The summed E-state index contributed by atoms with van der Waals surface area (Å²) >= 11 is 6.61. The molecule has 0 fully saturated rings. The Bertz CT molecular complexity index is 929. The van der Waals surface area contributed by atoms with Crippen LogP contribution in [-0.2, 0) is 6.42 Å². The summed E-state index contributed by atoms with van der Waals surface area (Å²) in [5.41, 5.74) is 5.77. The smallest absolute Gasteiger partial charge is 0.157 e. The fourth-order valence-electron chi connectivity index (χ4n) is 2.64. The summed E-state index contributed by atoms with van der Waals surface area (Å²) in [6.07, 6.45) is 0.655. The number of nitrogens with zero attached hydrogens (tertiary/aromatic N) is 3. The van der Waals surface area contributed by atoms with Crippen molar-refractivity contribution in [1.82, 2.24) is 9.38 Å². The van der Waals surface area contributed by atoms with Gasteiger partial charge in [-0.2, -0.15) is 5.26 Å². The highest BCUT2D eigenvalue weighted by atomic mass is 35.5. The summed E-state index contributed by atoms with van der Waals surface area (Å²) in [6, 6.07) is 10.0. The molecule has 104 valence electrons. The lowest BCUT2D eigenvalue weighted by molar-refractivity contribution is 1.06. The van der Waals surface area contributed by atoms with E-state index in [4.69, 9.17) is 11.6 Å². The molecule has 0 saturated heterocycles. The number of nitriles is 1. The fourth-order valence-corrected chi connectivity index (χ4v) is 3.02. The number of allylic oxidation sites excluding steroid dienone is 1. The standard InChI is InChI=1S/C17H14ClN3/c1-10(2)8-12-11(3)13(9-19)17-20-14-6-4-5-7-15(14)21(17)16(12)18/h4-7H,1,8H2,2-3H3. The van der Waals surface area contributed by atoms with Crippen LogP contribution in [0.25, 0.3) is 16.7 Å². The van der Waals surface area contributed by atoms with Crippen molar-refractivity contribution in [2.75, 3.05) is 0 Å². The minimum atomic E-state index is 0.576. The van der Waals surface area contributed by atoms with Crippen LogP contribution in [0.5, 0.6) is 0 Å². The molecule has 2 heterocycles. The molecule has 0 amide bonds. The Hall–Kier alpha value is -2.31. The Morgan fingerprint density at radius 3 is 2.81 bits per heavy atom. The van der Waals surface area contributed by atoms with Gasteiger partial charge in [-0.05, 0) is 43.5 Å². The molecule has 2 aromatic heterocycles. The van der Waals surface area contributed by atoms with Crippen LogP contribution in [0.1, 0.15) is 23.6 Å². The predicted octanol–water partition coefficient (Wildman–Crippen LogP) is 4.44. The molecule has 0 spiro atoms. The largest absolute Gasteiger partial charge is 0.281 e. The number of halogens is 1. The van der Waals surface area contributed by atoms with Gasteiger partial charge in [0.25, 0.3) is 0 Å². The van der Waals surface area contributed by atoms with E-state index < -0.39 is 0 Å². The molecule has 3 aromatic rings. The summed E-state index contributed by atoms with van der Waals surface area (Å²) < 4.78 is 1.86. The topological polar surface area (TPSA) is 41.1 Å².